The highest BCUT2D eigenvalue weighted by molar-refractivity contribution is 6.23. The Labute approximate surface area is 245 Å². The second kappa shape index (κ2) is 9.86. The lowest BCUT2D eigenvalue weighted by molar-refractivity contribution is -0.122. The number of carbonyl (C=O) groups is 2. The molecule has 0 N–H and O–H groups in total. The predicted molar refractivity (Wildman–Crippen MR) is 165 cm³/mol. The van der Waals surface area contributed by atoms with Crippen LogP contribution < -0.4 is 9.64 Å². The quantitative estimate of drug-likeness (QED) is 0.230. The molecule has 7 rings (SSSR count). The maximum Gasteiger partial charge on any atom is 0.238 e. The van der Waals surface area contributed by atoms with Gasteiger partial charge in [0.25, 0.3) is 0 Å². The van der Waals surface area contributed by atoms with Crippen LogP contribution in [0, 0.1) is 11.8 Å². The normalized spacial score (nSPS) is 23.0. The summed E-state index contributed by atoms with van der Waals surface area (Å²) < 4.78 is 5.89. The zero-order valence-corrected chi connectivity index (χ0v) is 25.6. The van der Waals surface area contributed by atoms with Crippen molar-refractivity contribution in [3.05, 3.63) is 94.0 Å². The topological polar surface area (TPSA) is 46.6 Å². The van der Waals surface area contributed by atoms with Gasteiger partial charge in [0.15, 0.2) is 0 Å². The lowest BCUT2D eigenvalue weighted by atomic mass is 9.54. The second-order valence-corrected chi connectivity index (χ2v) is 14.3. The van der Waals surface area contributed by atoms with Crippen LogP contribution in [0.4, 0.5) is 5.69 Å². The van der Waals surface area contributed by atoms with E-state index in [9.17, 15) is 9.59 Å². The first kappa shape index (κ1) is 27.8. The standard InChI is InChI=1S/C37H43NO3/c1-8-9-10-19-41-25-15-13-24(14-16-25)38-34(39)32-30-27-18-12-23(37(5,6)7)21-29(27)31(33(32)35(38)40)26-17-11-22(20-28(26)30)36(2,3)4/h11-18,20-21,30-33H,8-10,19H2,1-7H3/t30-,31-,32-,33-/m0/s1. The minimum atomic E-state index is -0.395. The first-order chi connectivity index (χ1) is 19.4. The molecular formula is C37H43NO3. The van der Waals surface area contributed by atoms with E-state index in [-0.39, 0.29) is 34.5 Å². The van der Waals surface area contributed by atoms with Crippen molar-refractivity contribution in [2.75, 3.05) is 11.5 Å². The fraction of sp³-hybridized carbons (Fsp3) is 0.459. The summed E-state index contributed by atoms with van der Waals surface area (Å²) in [6.45, 7) is 16.2. The maximum atomic E-state index is 14.3. The summed E-state index contributed by atoms with van der Waals surface area (Å²) in [5, 5.41) is 0. The molecule has 4 aliphatic rings. The molecule has 3 aliphatic carbocycles. The molecule has 1 aliphatic heterocycles. The van der Waals surface area contributed by atoms with Gasteiger partial charge in [-0.1, -0.05) is 97.7 Å². The Balaban J connectivity index is 1.42. The minimum Gasteiger partial charge on any atom is -0.494 e. The summed E-state index contributed by atoms with van der Waals surface area (Å²) in [6, 6.07) is 21.0. The van der Waals surface area contributed by atoms with Crippen molar-refractivity contribution in [2.45, 2.75) is 90.4 Å². The lowest BCUT2D eigenvalue weighted by Crippen LogP contribution is -2.42. The second-order valence-electron chi connectivity index (χ2n) is 14.3. The molecule has 214 valence electrons. The molecule has 0 saturated carbocycles. The summed E-state index contributed by atoms with van der Waals surface area (Å²) in [7, 11) is 0. The van der Waals surface area contributed by atoms with Crippen LogP contribution in [-0.2, 0) is 20.4 Å². The number of nitrogens with zero attached hydrogens (tertiary/aromatic N) is 1. The Morgan fingerprint density at radius 1 is 0.659 bits per heavy atom. The molecule has 4 atom stereocenters. The van der Waals surface area contributed by atoms with Crippen LogP contribution in [0.5, 0.6) is 5.75 Å². The van der Waals surface area contributed by atoms with Crippen molar-refractivity contribution in [1.29, 1.82) is 0 Å². The molecule has 0 aromatic heterocycles. The number of hydrogen-bond acceptors (Lipinski definition) is 3. The van der Waals surface area contributed by atoms with Gasteiger partial charge in [-0.15, -0.1) is 0 Å². The van der Waals surface area contributed by atoms with Crippen molar-refractivity contribution in [1.82, 2.24) is 0 Å². The highest BCUT2D eigenvalue weighted by Gasteiger charge is 2.62. The molecule has 3 aromatic rings. The molecule has 1 saturated heterocycles. The third kappa shape index (κ3) is 4.51. The number of rotatable bonds is 6. The lowest BCUT2D eigenvalue weighted by Gasteiger charge is -2.47. The molecule has 2 amide bonds. The minimum absolute atomic E-state index is 0.00800. The van der Waals surface area contributed by atoms with Crippen LogP contribution in [-0.4, -0.2) is 18.4 Å². The Kier molecular flexibility index (Phi) is 6.67. The van der Waals surface area contributed by atoms with Gasteiger partial charge in [-0.25, -0.2) is 4.90 Å². The van der Waals surface area contributed by atoms with Crippen LogP contribution in [0.1, 0.15) is 113 Å². The summed E-state index contributed by atoms with van der Waals surface area (Å²) in [5.74, 6) is -0.442. The molecule has 4 nitrogen and oxygen atoms in total. The van der Waals surface area contributed by atoms with E-state index >= 15 is 0 Å². The van der Waals surface area contributed by atoms with Gasteiger partial charge in [-0.3, -0.25) is 9.59 Å². The van der Waals surface area contributed by atoms with Crippen molar-refractivity contribution in [2.24, 2.45) is 11.8 Å². The number of anilines is 1. The van der Waals surface area contributed by atoms with Crippen molar-refractivity contribution >= 4 is 17.5 Å². The first-order valence-corrected chi connectivity index (χ1v) is 15.3. The molecule has 1 fully saturated rings. The van der Waals surface area contributed by atoms with E-state index < -0.39 is 11.8 Å². The highest BCUT2D eigenvalue weighted by atomic mass is 16.5. The number of benzene rings is 3. The SMILES string of the molecule is CCCCCOc1ccc(N2C(=O)[C@H]3[C@H]4c5ccc(C(C)(C)C)cc5[C@H](c5ccc(C(C)(C)C)cc54)[C@@H]3C2=O)cc1. The van der Waals surface area contributed by atoms with Gasteiger partial charge in [0.05, 0.1) is 24.1 Å². The summed E-state index contributed by atoms with van der Waals surface area (Å²) in [6.07, 6.45) is 3.30. The fourth-order valence-corrected chi connectivity index (χ4v) is 7.20. The molecular weight excluding hydrogens is 506 g/mol. The van der Waals surface area contributed by atoms with Crippen LogP contribution in [0.2, 0.25) is 0 Å². The van der Waals surface area contributed by atoms with Gasteiger partial charge in [0, 0.05) is 11.8 Å². The molecule has 2 bridgehead atoms. The molecule has 4 heteroatoms. The van der Waals surface area contributed by atoms with Crippen LogP contribution >= 0.6 is 0 Å². The monoisotopic (exact) mass is 549 g/mol. The zero-order valence-electron chi connectivity index (χ0n) is 25.6. The van der Waals surface area contributed by atoms with E-state index in [2.05, 4.69) is 84.9 Å². The van der Waals surface area contributed by atoms with Crippen LogP contribution in [0.15, 0.2) is 60.7 Å². The Morgan fingerprint density at radius 3 is 1.59 bits per heavy atom. The number of hydrogen-bond donors (Lipinski definition) is 0. The molecule has 1 heterocycles. The zero-order chi connectivity index (χ0) is 29.3. The van der Waals surface area contributed by atoms with Gasteiger partial charge in [-0.05, 0) is 74.9 Å². The average Bonchev–Trinajstić information content (AvgIpc) is 3.20. The molecule has 41 heavy (non-hydrogen) atoms. The molecule has 3 aromatic carbocycles. The van der Waals surface area contributed by atoms with E-state index in [0.29, 0.717) is 12.3 Å². The number of carbonyl (C=O) groups excluding carboxylic acids is 2. The van der Waals surface area contributed by atoms with Gasteiger partial charge < -0.3 is 4.74 Å². The first-order valence-electron chi connectivity index (χ1n) is 15.3. The maximum absolute atomic E-state index is 14.3. The van der Waals surface area contributed by atoms with Gasteiger partial charge in [0.2, 0.25) is 11.8 Å². The Morgan fingerprint density at radius 2 is 1.15 bits per heavy atom. The van der Waals surface area contributed by atoms with E-state index in [1.54, 1.807) is 0 Å². The van der Waals surface area contributed by atoms with Gasteiger partial charge in [0.1, 0.15) is 5.75 Å². The van der Waals surface area contributed by atoms with E-state index in [1.807, 2.05) is 24.3 Å². The predicted octanol–water partition coefficient (Wildman–Crippen LogP) is 8.25. The van der Waals surface area contributed by atoms with Crippen molar-refractivity contribution in [3.63, 3.8) is 0 Å². The third-order valence-corrected chi connectivity index (χ3v) is 9.47. The van der Waals surface area contributed by atoms with Crippen molar-refractivity contribution < 1.29 is 14.3 Å². The summed E-state index contributed by atoms with van der Waals surface area (Å²) in [5.41, 5.74) is 8.00. The third-order valence-electron chi connectivity index (χ3n) is 9.47. The van der Waals surface area contributed by atoms with E-state index in [0.717, 1.165) is 25.0 Å². The molecule has 0 unspecified atom stereocenters. The summed E-state index contributed by atoms with van der Waals surface area (Å²) >= 11 is 0. The number of ether oxygens (including phenoxy) is 1. The highest BCUT2D eigenvalue weighted by Crippen LogP contribution is 2.62. The Bertz CT molecular complexity index is 1420. The van der Waals surface area contributed by atoms with Gasteiger partial charge >= 0.3 is 0 Å². The van der Waals surface area contributed by atoms with Crippen molar-refractivity contribution in [3.8, 4) is 5.75 Å². The van der Waals surface area contributed by atoms with E-state index in [4.69, 9.17) is 4.74 Å². The molecule has 0 radical (unpaired) electrons. The molecule has 0 spiro atoms. The largest absolute Gasteiger partial charge is 0.494 e. The Hall–Kier alpha value is -3.40. The number of amides is 2. The van der Waals surface area contributed by atoms with Crippen LogP contribution in [0.3, 0.4) is 0 Å². The number of imide groups is 1. The summed E-state index contributed by atoms with van der Waals surface area (Å²) in [4.78, 5) is 30.0. The van der Waals surface area contributed by atoms with Crippen LogP contribution in [0.25, 0.3) is 0 Å². The average molecular weight is 550 g/mol. The van der Waals surface area contributed by atoms with Gasteiger partial charge in [-0.2, -0.15) is 0 Å². The smallest absolute Gasteiger partial charge is 0.238 e. The van der Waals surface area contributed by atoms with E-state index in [1.165, 1.54) is 38.3 Å². The number of unbranched alkanes of at least 4 members (excludes halogenated alkanes) is 2. The fourth-order valence-electron chi connectivity index (χ4n) is 7.20.